The van der Waals surface area contributed by atoms with E-state index in [0.29, 0.717) is 11.3 Å². The number of benzene rings is 1. The zero-order chi connectivity index (χ0) is 14.4. The van der Waals surface area contributed by atoms with E-state index in [-0.39, 0.29) is 5.91 Å². The van der Waals surface area contributed by atoms with E-state index >= 15 is 0 Å². The van der Waals surface area contributed by atoms with Gasteiger partial charge >= 0.3 is 0 Å². The number of piperidine rings is 1. The maximum Gasteiger partial charge on any atom is 0.272 e. The molecule has 0 aliphatic carbocycles. The van der Waals surface area contributed by atoms with Crippen LogP contribution >= 0.6 is 0 Å². The Balaban J connectivity index is 1.98. The number of aromatic nitrogens is 1. The number of H-pyrrole nitrogens is 1. The van der Waals surface area contributed by atoms with Crippen molar-refractivity contribution in [3.63, 3.8) is 0 Å². The average Bonchev–Trinajstić information content (AvgIpc) is 2.76. The minimum absolute atomic E-state index is 0.216. The van der Waals surface area contributed by atoms with Gasteiger partial charge in [0, 0.05) is 29.7 Å². The van der Waals surface area contributed by atoms with Gasteiger partial charge < -0.3 is 15.6 Å². The number of nitrogens with zero attached hydrogens (tertiary/aromatic N) is 2. The lowest BCUT2D eigenvalue weighted by molar-refractivity contribution is 0.0957. The molecule has 21 heavy (non-hydrogen) atoms. The number of nitrogen functional groups attached to an aromatic ring is 1. The van der Waals surface area contributed by atoms with Gasteiger partial charge in [0.1, 0.15) is 5.82 Å². The first-order valence-corrected chi connectivity index (χ1v) is 7.27. The third-order valence-corrected chi connectivity index (χ3v) is 4.21. The number of aromatic amines is 1. The predicted molar refractivity (Wildman–Crippen MR) is 83.8 cm³/mol. The highest BCUT2D eigenvalue weighted by atomic mass is 16.2. The van der Waals surface area contributed by atoms with E-state index < -0.39 is 0 Å². The SMILES string of the molecule is Nc1cc2c3c(c(N4CCCCC4)[nH]c3c1)C=NNC2=O. The van der Waals surface area contributed by atoms with Crippen LogP contribution in [0.4, 0.5) is 11.5 Å². The molecule has 2 aliphatic rings. The van der Waals surface area contributed by atoms with Crippen LogP contribution in [0.3, 0.4) is 0 Å². The Kier molecular flexibility index (Phi) is 2.63. The first-order valence-electron chi connectivity index (χ1n) is 7.27. The van der Waals surface area contributed by atoms with Crippen LogP contribution in [0.5, 0.6) is 0 Å². The van der Waals surface area contributed by atoms with Gasteiger partial charge in [0.25, 0.3) is 5.91 Å². The van der Waals surface area contributed by atoms with Crippen LogP contribution in [0.25, 0.3) is 10.9 Å². The zero-order valence-electron chi connectivity index (χ0n) is 11.6. The number of carbonyl (C=O) groups excluding carboxylic acids is 1. The fourth-order valence-corrected chi connectivity index (χ4v) is 3.25. The molecule has 108 valence electrons. The number of nitrogens with two attached hydrogens (primary N) is 1. The van der Waals surface area contributed by atoms with Crippen LogP contribution in [0.1, 0.15) is 35.2 Å². The van der Waals surface area contributed by atoms with E-state index in [1.807, 2.05) is 6.07 Å². The summed E-state index contributed by atoms with van der Waals surface area (Å²) in [6.07, 6.45) is 5.39. The number of nitrogens with one attached hydrogen (secondary N) is 2. The number of anilines is 2. The monoisotopic (exact) mass is 283 g/mol. The van der Waals surface area contributed by atoms with Crippen molar-refractivity contribution in [3.05, 3.63) is 23.3 Å². The van der Waals surface area contributed by atoms with Gasteiger partial charge in [-0.15, -0.1) is 0 Å². The topological polar surface area (TPSA) is 86.5 Å². The smallest absolute Gasteiger partial charge is 0.272 e. The Bertz CT molecular complexity index is 755. The second-order valence-corrected chi connectivity index (χ2v) is 5.63. The second kappa shape index (κ2) is 4.51. The van der Waals surface area contributed by atoms with Gasteiger partial charge in [-0.05, 0) is 31.4 Å². The van der Waals surface area contributed by atoms with Gasteiger partial charge in [-0.25, -0.2) is 5.43 Å². The summed E-state index contributed by atoms with van der Waals surface area (Å²) in [7, 11) is 0. The van der Waals surface area contributed by atoms with Crippen molar-refractivity contribution >= 4 is 34.5 Å². The van der Waals surface area contributed by atoms with Gasteiger partial charge in [-0.2, -0.15) is 5.10 Å². The Hall–Kier alpha value is -2.50. The van der Waals surface area contributed by atoms with E-state index in [4.69, 9.17) is 5.73 Å². The first kappa shape index (κ1) is 12.3. The molecule has 1 aromatic carbocycles. The summed E-state index contributed by atoms with van der Waals surface area (Å²) in [5.41, 5.74) is 11.5. The fraction of sp³-hybridized carbons (Fsp3) is 0.333. The number of carbonyl (C=O) groups is 1. The Morgan fingerprint density at radius 3 is 2.81 bits per heavy atom. The Morgan fingerprint density at radius 1 is 1.19 bits per heavy atom. The van der Waals surface area contributed by atoms with E-state index in [1.54, 1.807) is 12.3 Å². The molecule has 4 rings (SSSR count). The quantitative estimate of drug-likeness (QED) is 0.698. The Morgan fingerprint density at radius 2 is 2.00 bits per heavy atom. The first-order chi connectivity index (χ1) is 10.2. The highest BCUT2D eigenvalue weighted by Gasteiger charge is 2.24. The number of hydrogen-bond acceptors (Lipinski definition) is 4. The fourth-order valence-electron chi connectivity index (χ4n) is 3.25. The lowest BCUT2D eigenvalue weighted by Crippen LogP contribution is -2.30. The van der Waals surface area contributed by atoms with Crippen LogP contribution in [-0.4, -0.2) is 30.2 Å². The molecular weight excluding hydrogens is 266 g/mol. The molecule has 0 radical (unpaired) electrons. The highest BCUT2D eigenvalue weighted by molar-refractivity contribution is 6.17. The van der Waals surface area contributed by atoms with Crippen molar-refractivity contribution in [2.75, 3.05) is 23.7 Å². The summed E-state index contributed by atoms with van der Waals surface area (Å²) < 4.78 is 0. The van der Waals surface area contributed by atoms with Crippen molar-refractivity contribution in [1.82, 2.24) is 10.4 Å². The summed E-state index contributed by atoms with van der Waals surface area (Å²) in [6.45, 7) is 2.06. The van der Waals surface area contributed by atoms with Crippen LogP contribution < -0.4 is 16.1 Å². The van der Waals surface area contributed by atoms with Crippen molar-refractivity contribution in [1.29, 1.82) is 0 Å². The standard InChI is InChI=1S/C15H17N5O/c16-9-6-10-13-11(8-17-19-15(10)21)14(18-12(13)7-9)20-4-2-1-3-5-20/h6-8,18H,1-5,16H2,(H,19,21). The van der Waals surface area contributed by atoms with E-state index in [1.165, 1.54) is 19.3 Å². The Labute approximate surface area is 122 Å². The van der Waals surface area contributed by atoms with Crippen molar-refractivity contribution in [2.45, 2.75) is 19.3 Å². The number of hydrogen-bond donors (Lipinski definition) is 3. The molecule has 1 saturated heterocycles. The lowest BCUT2D eigenvalue weighted by atomic mass is 10.0. The van der Waals surface area contributed by atoms with E-state index in [9.17, 15) is 4.79 Å². The molecule has 0 unspecified atom stereocenters. The van der Waals surface area contributed by atoms with Crippen molar-refractivity contribution < 1.29 is 4.79 Å². The molecule has 6 heteroatoms. The van der Waals surface area contributed by atoms with Crippen LogP contribution in [-0.2, 0) is 0 Å². The minimum Gasteiger partial charge on any atom is -0.399 e. The molecule has 0 saturated carbocycles. The molecule has 3 heterocycles. The molecule has 2 aliphatic heterocycles. The molecule has 0 atom stereocenters. The molecule has 1 fully saturated rings. The van der Waals surface area contributed by atoms with E-state index in [2.05, 4.69) is 20.4 Å². The van der Waals surface area contributed by atoms with Gasteiger partial charge in [-0.3, -0.25) is 4.79 Å². The summed E-state index contributed by atoms with van der Waals surface area (Å²) in [5, 5.41) is 4.94. The van der Waals surface area contributed by atoms with Crippen LogP contribution in [0.15, 0.2) is 17.2 Å². The number of rotatable bonds is 1. The van der Waals surface area contributed by atoms with Gasteiger partial charge in [0.15, 0.2) is 0 Å². The summed E-state index contributed by atoms with van der Waals surface area (Å²) in [6, 6.07) is 3.59. The largest absolute Gasteiger partial charge is 0.399 e. The number of amides is 1. The van der Waals surface area contributed by atoms with E-state index in [0.717, 1.165) is 35.4 Å². The lowest BCUT2D eigenvalue weighted by Gasteiger charge is -2.28. The molecule has 1 amide bonds. The zero-order valence-corrected chi connectivity index (χ0v) is 11.6. The minimum atomic E-state index is -0.216. The molecule has 2 aromatic rings. The molecule has 4 N–H and O–H groups in total. The average molecular weight is 283 g/mol. The van der Waals surface area contributed by atoms with Gasteiger partial charge in [-0.1, -0.05) is 0 Å². The molecular formula is C15H17N5O. The van der Waals surface area contributed by atoms with Crippen molar-refractivity contribution in [2.24, 2.45) is 5.10 Å². The summed E-state index contributed by atoms with van der Waals surface area (Å²) in [4.78, 5) is 17.9. The maximum absolute atomic E-state index is 12.1. The molecule has 0 spiro atoms. The van der Waals surface area contributed by atoms with Crippen molar-refractivity contribution in [3.8, 4) is 0 Å². The summed E-state index contributed by atoms with van der Waals surface area (Å²) in [5.74, 6) is 0.822. The molecule has 0 bridgehead atoms. The number of hydrazone groups is 1. The van der Waals surface area contributed by atoms with Gasteiger partial charge in [0.05, 0.1) is 17.3 Å². The van der Waals surface area contributed by atoms with Crippen LogP contribution in [0, 0.1) is 0 Å². The van der Waals surface area contributed by atoms with Crippen LogP contribution in [0.2, 0.25) is 0 Å². The second-order valence-electron chi connectivity index (χ2n) is 5.63. The summed E-state index contributed by atoms with van der Waals surface area (Å²) >= 11 is 0. The molecule has 1 aromatic heterocycles. The predicted octanol–water partition coefficient (Wildman–Crippen LogP) is 1.82. The molecule has 6 nitrogen and oxygen atoms in total. The third-order valence-electron chi connectivity index (χ3n) is 4.21. The highest BCUT2D eigenvalue weighted by Crippen LogP contribution is 2.34. The normalized spacial score (nSPS) is 17.9. The third kappa shape index (κ3) is 1.86. The maximum atomic E-state index is 12.1. The van der Waals surface area contributed by atoms with Gasteiger partial charge in [0.2, 0.25) is 0 Å².